The largest absolute Gasteiger partial charge is 0.243 e. The Morgan fingerprint density at radius 2 is 1.38 bits per heavy atom. The van der Waals surface area contributed by atoms with Crippen LogP contribution < -0.4 is 0 Å². The van der Waals surface area contributed by atoms with Gasteiger partial charge >= 0.3 is 0 Å². The van der Waals surface area contributed by atoms with E-state index in [1.54, 1.807) is 16.4 Å². The molecule has 0 spiro atoms. The Balaban J connectivity index is 1.92. The predicted molar refractivity (Wildman–Crippen MR) is 83.6 cm³/mol. The molecule has 1 aliphatic heterocycles. The van der Waals surface area contributed by atoms with Gasteiger partial charge < -0.3 is 0 Å². The lowest BCUT2D eigenvalue weighted by molar-refractivity contribution is 0.523. The van der Waals surface area contributed by atoms with Gasteiger partial charge in [0.25, 0.3) is 0 Å². The minimum absolute atomic E-state index is 0.365. The van der Waals surface area contributed by atoms with Crippen LogP contribution in [0, 0.1) is 13.8 Å². The van der Waals surface area contributed by atoms with Gasteiger partial charge in [0, 0.05) is 6.54 Å². The Morgan fingerprint density at radius 3 is 1.90 bits per heavy atom. The van der Waals surface area contributed by atoms with Gasteiger partial charge in [-0.2, -0.15) is 4.31 Å². The molecule has 21 heavy (non-hydrogen) atoms. The minimum Gasteiger partial charge on any atom is -0.207 e. The van der Waals surface area contributed by atoms with Crippen LogP contribution in [0.15, 0.2) is 53.4 Å². The molecular formula is C17H19NO2S. The molecular weight excluding hydrogens is 282 g/mol. The lowest BCUT2D eigenvalue weighted by Gasteiger charge is -2.14. The fourth-order valence-corrected chi connectivity index (χ4v) is 4.37. The first kappa shape index (κ1) is 14.3. The molecule has 0 amide bonds. The van der Waals surface area contributed by atoms with Crippen LogP contribution in [-0.4, -0.2) is 19.3 Å². The number of benzene rings is 2. The van der Waals surface area contributed by atoms with E-state index in [0.717, 1.165) is 11.1 Å². The van der Waals surface area contributed by atoms with Gasteiger partial charge in [-0.15, -0.1) is 0 Å². The minimum atomic E-state index is -3.42. The summed E-state index contributed by atoms with van der Waals surface area (Å²) in [7, 11) is -3.42. The molecule has 0 N–H and O–H groups in total. The van der Waals surface area contributed by atoms with Gasteiger partial charge in [-0.3, -0.25) is 0 Å². The van der Waals surface area contributed by atoms with Crippen LogP contribution in [-0.2, 0) is 15.6 Å². The second-order valence-corrected chi connectivity index (χ2v) is 7.83. The van der Waals surface area contributed by atoms with Gasteiger partial charge in [-0.1, -0.05) is 47.5 Å². The van der Waals surface area contributed by atoms with E-state index in [9.17, 15) is 8.42 Å². The maximum atomic E-state index is 12.7. The highest BCUT2D eigenvalue weighted by atomic mass is 32.2. The lowest BCUT2D eigenvalue weighted by Crippen LogP contribution is -2.19. The highest BCUT2D eigenvalue weighted by Gasteiger charge is 2.56. The van der Waals surface area contributed by atoms with Gasteiger partial charge in [-0.25, -0.2) is 8.42 Å². The lowest BCUT2D eigenvalue weighted by atomic mass is 10.0. The van der Waals surface area contributed by atoms with Crippen LogP contribution in [0.2, 0.25) is 0 Å². The molecule has 1 fully saturated rings. The zero-order valence-corrected chi connectivity index (χ0v) is 13.3. The summed E-state index contributed by atoms with van der Waals surface area (Å²) in [5.41, 5.74) is 2.86. The van der Waals surface area contributed by atoms with E-state index >= 15 is 0 Å². The second-order valence-electron chi connectivity index (χ2n) is 5.96. The van der Waals surface area contributed by atoms with E-state index in [1.807, 2.05) is 57.2 Å². The highest BCUT2D eigenvalue weighted by Crippen LogP contribution is 2.46. The fourth-order valence-electron chi connectivity index (χ4n) is 2.58. The van der Waals surface area contributed by atoms with Crippen molar-refractivity contribution in [1.82, 2.24) is 4.31 Å². The van der Waals surface area contributed by atoms with E-state index in [0.29, 0.717) is 11.4 Å². The zero-order chi connectivity index (χ0) is 15.3. The second kappa shape index (κ2) is 4.68. The molecule has 0 bridgehead atoms. The molecule has 3 nitrogen and oxygen atoms in total. The van der Waals surface area contributed by atoms with Crippen molar-refractivity contribution >= 4 is 10.0 Å². The van der Waals surface area contributed by atoms with Crippen molar-refractivity contribution in [1.29, 1.82) is 0 Å². The maximum absolute atomic E-state index is 12.7. The van der Waals surface area contributed by atoms with Crippen molar-refractivity contribution in [2.75, 3.05) is 6.54 Å². The maximum Gasteiger partial charge on any atom is 0.243 e. The Morgan fingerprint density at radius 1 is 0.905 bits per heavy atom. The molecule has 1 heterocycles. The molecule has 4 heteroatoms. The van der Waals surface area contributed by atoms with Crippen molar-refractivity contribution in [3.63, 3.8) is 0 Å². The SMILES string of the molecule is Cc1ccc(C2(C)CN2S(=O)(=O)c2ccc(C)cc2)cc1. The molecule has 0 aromatic heterocycles. The molecule has 0 aliphatic carbocycles. The quantitative estimate of drug-likeness (QED) is 0.816. The van der Waals surface area contributed by atoms with Crippen LogP contribution in [0.4, 0.5) is 0 Å². The normalized spacial score (nSPS) is 24.8. The first-order valence-corrected chi connectivity index (χ1v) is 8.45. The van der Waals surface area contributed by atoms with E-state index in [1.165, 1.54) is 5.56 Å². The third-order valence-corrected chi connectivity index (χ3v) is 6.16. The first-order chi connectivity index (χ1) is 9.84. The smallest absolute Gasteiger partial charge is 0.207 e. The number of rotatable bonds is 3. The summed E-state index contributed by atoms with van der Waals surface area (Å²) in [5.74, 6) is 0. The molecule has 1 aliphatic rings. The standard InChI is InChI=1S/C17H19NO2S/c1-13-4-8-15(9-5-13)17(3)12-18(17)21(19,20)16-10-6-14(2)7-11-16/h4-11H,12H2,1-3H3. The summed E-state index contributed by atoms with van der Waals surface area (Å²) in [4.78, 5) is 0.365. The first-order valence-electron chi connectivity index (χ1n) is 7.01. The van der Waals surface area contributed by atoms with Crippen LogP contribution in [0.5, 0.6) is 0 Å². The molecule has 0 radical (unpaired) electrons. The molecule has 2 aromatic carbocycles. The van der Waals surface area contributed by atoms with E-state index in [4.69, 9.17) is 0 Å². The van der Waals surface area contributed by atoms with Gasteiger partial charge in [0.05, 0.1) is 10.4 Å². The number of hydrogen-bond acceptors (Lipinski definition) is 2. The summed E-state index contributed by atoms with van der Waals surface area (Å²) < 4.78 is 26.9. The average Bonchev–Trinajstić information content (AvgIpc) is 3.14. The Kier molecular flexibility index (Phi) is 3.19. The van der Waals surface area contributed by atoms with Crippen LogP contribution in [0.3, 0.4) is 0 Å². The molecule has 2 unspecified atom stereocenters. The molecule has 2 atom stereocenters. The van der Waals surface area contributed by atoms with Crippen LogP contribution in [0.1, 0.15) is 23.6 Å². The number of hydrogen-bond donors (Lipinski definition) is 0. The average molecular weight is 301 g/mol. The summed E-state index contributed by atoms with van der Waals surface area (Å²) in [6.07, 6.45) is 0. The van der Waals surface area contributed by atoms with E-state index in [-0.39, 0.29) is 0 Å². The van der Waals surface area contributed by atoms with Crippen LogP contribution >= 0.6 is 0 Å². The van der Waals surface area contributed by atoms with E-state index < -0.39 is 15.6 Å². The summed E-state index contributed by atoms with van der Waals surface area (Å²) in [6.45, 7) is 6.49. The predicted octanol–water partition coefficient (Wildman–Crippen LogP) is 3.22. The van der Waals surface area contributed by atoms with E-state index in [2.05, 4.69) is 0 Å². The molecule has 0 saturated carbocycles. The number of aryl methyl sites for hydroxylation is 2. The topological polar surface area (TPSA) is 37.1 Å². The third-order valence-electron chi connectivity index (χ3n) is 4.18. The molecule has 1 saturated heterocycles. The fraction of sp³-hybridized carbons (Fsp3) is 0.294. The van der Waals surface area contributed by atoms with Gasteiger partial charge in [-0.05, 0) is 38.5 Å². The van der Waals surface area contributed by atoms with Gasteiger partial charge in [0.15, 0.2) is 0 Å². The molecule has 2 aromatic rings. The van der Waals surface area contributed by atoms with Crippen molar-refractivity contribution in [3.8, 4) is 0 Å². The van der Waals surface area contributed by atoms with Crippen molar-refractivity contribution in [2.24, 2.45) is 0 Å². The number of sulfonamides is 1. The Bertz CT molecular complexity index is 763. The zero-order valence-electron chi connectivity index (χ0n) is 12.5. The monoisotopic (exact) mass is 301 g/mol. The van der Waals surface area contributed by atoms with Crippen molar-refractivity contribution in [3.05, 3.63) is 65.2 Å². The summed E-state index contributed by atoms with van der Waals surface area (Å²) in [6, 6.07) is 15.1. The van der Waals surface area contributed by atoms with Crippen LogP contribution in [0.25, 0.3) is 0 Å². The Labute approximate surface area is 126 Å². The Hall–Kier alpha value is -1.65. The van der Waals surface area contributed by atoms with Gasteiger partial charge in [0.1, 0.15) is 0 Å². The molecule has 3 rings (SSSR count). The van der Waals surface area contributed by atoms with Gasteiger partial charge in [0.2, 0.25) is 10.0 Å². The molecule has 110 valence electrons. The summed E-state index contributed by atoms with van der Waals surface area (Å²) >= 11 is 0. The third kappa shape index (κ3) is 2.39. The number of nitrogens with zero attached hydrogens (tertiary/aromatic N) is 1. The summed E-state index contributed by atoms with van der Waals surface area (Å²) in [5, 5.41) is 0. The highest BCUT2D eigenvalue weighted by molar-refractivity contribution is 7.89. The van der Waals surface area contributed by atoms with Crippen molar-refractivity contribution < 1.29 is 8.42 Å². The van der Waals surface area contributed by atoms with Crippen molar-refractivity contribution in [2.45, 2.75) is 31.2 Å².